The Bertz CT molecular complexity index is 632. The molecule has 1 saturated heterocycles. The van der Waals surface area contributed by atoms with Gasteiger partial charge in [0.25, 0.3) is 0 Å². The van der Waals surface area contributed by atoms with E-state index >= 15 is 0 Å². The SMILES string of the molecule is CC(=O)N(CCC(=O)N1CCN(C/C=C/c2ccccc2)CC1)C1CC1. The molecule has 140 valence electrons. The summed E-state index contributed by atoms with van der Waals surface area (Å²) in [7, 11) is 0. The molecule has 0 N–H and O–H groups in total. The highest BCUT2D eigenvalue weighted by Crippen LogP contribution is 2.27. The lowest BCUT2D eigenvalue weighted by atomic mass is 10.2. The third-order valence-corrected chi connectivity index (χ3v) is 5.16. The fourth-order valence-corrected chi connectivity index (χ4v) is 3.44. The van der Waals surface area contributed by atoms with E-state index in [1.165, 1.54) is 5.56 Å². The van der Waals surface area contributed by atoms with Crippen LogP contribution in [0.5, 0.6) is 0 Å². The lowest BCUT2D eigenvalue weighted by molar-refractivity contribution is -0.134. The number of rotatable bonds is 7. The minimum Gasteiger partial charge on any atom is -0.340 e. The molecule has 0 atom stereocenters. The molecule has 1 aromatic rings. The van der Waals surface area contributed by atoms with E-state index in [-0.39, 0.29) is 11.8 Å². The molecule has 0 unspecified atom stereocenters. The Morgan fingerprint density at radius 1 is 1.12 bits per heavy atom. The van der Waals surface area contributed by atoms with Crippen LogP contribution in [0.15, 0.2) is 36.4 Å². The van der Waals surface area contributed by atoms with Crippen LogP contribution >= 0.6 is 0 Å². The third-order valence-electron chi connectivity index (χ3n) is 5.16. The highest BCUT2D eigenvalue weighted by atomic mass is 16.2. The second kappa shape index (κ2) is 8.99. The van der Waals surface area contributed by atoms with E-state index in [1.807, 2.05) is 28.0 Å². The van der Waals surface area contributed by atoms with Crippen LogP contribution in [0.4, 0.5) is 0 Å². The topological polar surface area (TPSA) is 43.9 Å². The van der Waals surface area contributed by atoms with Gasteiger partial charge in [-0.15, -0.1) is 0 Å². The van der Waals surface area contributed by atoms with E-state index in [4.69, 9.17) is 0 Å². The maximum atomic E-state index is 12.4. The van der Waals surface area contributed by atoms with Crippen molar-refractivity contribution in [2.24, 2.45) is 0 Å². The van der Waals surface area contributed by atoms with Crippen molar-refractivity contribution >= 4 is 17.9 Å². The van der Waals surface area contributed by atoms with E-state index in [0.29, 0.717) is 19.0 Å². The van der Waals surface area contributed by atoms with Crippen LogP contribution in [-0.4, -0.2) is 71.8 Å². The van der Waals surface area contributed by atoms with Gasteiger partial charge in [0.2, 0.25) is 11.8 Å². The van der Waals surface area contributed by atoms with Crippen LogP contribution < -0.4 is 0 Å². The first-order chi connectivity index (χ1) is 12.6. The van der Waals surface area contributed by atoms with Crippen molar-refractivity contribution in [3.63, 3.8) is 0 Å². The minimum absolute atomic E-state index is 0.0929. The van der Waals surface area contributed by atoms with Gasteiger partial charge >= 0.3 is 0 Å². The van der Waals surface area contributed by atoms with Crippen LogP contribution in [-0.2, 0) is 9.59 Å². The van der Waals surface area contributed by atoms with Gasteiger partial charge in [-0.25, -0.2) is 0 Å². The Labute approximate surface area is 156 Å². The zero-order valence-corrected chi connectivity index (χ0v) is 15.6. The Kier molecular flexibility index (Phi) is 6.45. The monoisotopic (exact) mass is 355 g/mol. The number of benzene rings is 1. The van der Waals surface area contributed by atoms with Crippen LogP contribution in [0.1, 0.15) is 31.7 Å². The molecular formula is C21H29N3O2. The molecule has 1 aliphatic heterocycles. The van der Waals surface area contributed by atoms with Gasteiger partial charge in [-0.1, -0.05) is 42.5 Å². The van der Waals surface area contributed by atoms with Crippen LogP contribution in [0.3, 0.4) is 0 Å². The minimum atomic E-state index is 0.0929. The average molecular weight is 355 g/mol. The van der Waals surface area contributed by atoms with E-state index in [1.54, 1.807) is 6.92 Å². The highest BCUT2D eigenvalue weighted by molar-refractivity contribution is 5.78. The van der Waals surface area contributed by atoms with E-state index < -0.39 is 0 Å². The molecule has 0 spiro atoms. The summed E-state index contributed by atoms with van der Waals surface area (Å²) in [6.45, 7) is 6.46. The average Bonchev–Trinajstić information content (AvgIpc) is 3.48. The normalized spacial score (nSPS) is 18.3. The summed E-state index contributed by atoms with van der Waals surface area (Å²) >= 11 is 0. The molecule has 1 aromatic carbocycles. The van der Waals surface area contributed by atoms with Gasteiger partial charge in [0.15, 0.2) is 0 Å². The Balaban J connectivity index is 1.37. The third kappa shape index (κ3) is 5.43. The quantitative estimate of drug-likeness (QED) is 0.753. The lowest BCUT2D eigenvalue weighted by Gasteiger charge is -2.34. The van der Waals surface area contributed by atoms with Gasteiger partial charge in [-0.2, -0.15) is 0 Å². The lowest BCUT2D eigenvalue weighted by Crippen LogP contribution is -2.49. The van der Waals surface area contributed by atoms with Gasteiger partial charge < -0.3 is 9.80 Å². The molecule has 0 bridgehead atoms. The predicted molar refractivity (Wildman–Crippen MR) is 104 cm³/mol. The highest BCUT2D eigenvalue weighted by Gasteiger charge is 2.31. The van der Waals surface area contributed by atoms with Crippen molar-refractivity contribution in [3.8, 4) is 0 Å². The van der Waals surface area contributed by atoms with Crippen molar-refractivity contribution in [2.75, 3.05) is 39.3 Å². The van der Waals surface area contributed by atoms with E-state index in [9.17, 15) is 9.59 Å². The maximum Gasteiger partial charge on any atom is 0.224 e. The molecule has 0 radical (unpaired) electrons. The van der Waals surface area contributed by atoms with Crippen LogP contribution in [0, 0.1) is 0 Å². The number of hydrogen-bond donors (Lipinski definition) is 0. The molecular weight excluding hydrogens is 326 g/mol. The first-order valence-corrected chi connectivity index (χ1v) is 9.62. The Morgan fingerprint density at radius 2 is 1.81 bits per heavy atom. The Hall–Kier alpha value is -2.14. The fraction of sp³-hybridized carbons (Fsp3) is 0.524. The van der Waals surface area contributed by atoms with Crippen molar-refractivity contribution in [1.29, 1.82) is 0 Å². The summed E-state index contributed by atoms with van der Waals surface area (Å²) in [6, 6.07) is 10.7. The number of hydrogen-bond acceptors (Lipinski definition) is 3. The number of carbonyl (C=O) groups is 2. The standard InChI is InChI=1S/C21H29N3O2/c1-18(25)24(20-9-10-20)13-11-21(26)23-16-14-22(15-17-23)12-5-8-19-6-3-2-4-7-19/h2-8,20H,9-17H2,1H3/b8-5+. The number of carbonyl (C=O) groups excluding carboxylic acids is 2. The van der Waals surface area contributed by atoms with Crippen LogP contribution in [0.2, 0.25) is 0 Å². The van der Waals surface area contributed by atoms with Gasteiger partial charge in [0.1, 0.15) is 0 Å². The zero-order valence-electron chi connectivity index (χ0n) is 15.6. The van der Waals surface area contributed by atoms with E-state index in [2.05, 4.69) is 29.2 Å². The summed E-state index contributed by atoms with van der Waals surface area (Å²) in [5.41, 5.74) is 1.21. The van der Waals surface area contributed by atoms with Gasteiger partial charge in [-0.05, 0) is 18.4 Å². The van der Waals surface area contributed by atoms with Crippen molar-refractivity contribution in [3.05, 3.63) is 42.0 Å². The molecule has 1 saturated carbocycles. The van der Waals surface area contributed by atoms with Crippen molar-refractivity contribution in [2.45, 2.75) is 32.2 Å². The molecule has 3 rings (SSSR count). The van der Waals surface area contributed by atoms with Crippen molar-refractivity contribution < 1.29 is 9.59 Å². The molecule has 1 heterocycles. The molecule has 0 aromatic heterocycles. The number of nitrogens with zero attached hydrogens (tertiary/aromatic N) is 3. The fourth-order valence-electron chi connectivity index (χ4n) is 3.44. The Morgan fingerprint density at radius 3 is 2.42 bits per heavy atom. The summed E-state index contributed by atoms with van der Waals surface area (Å²) in [6.07, 6.45) is 6.95. The summed E-state index contributed by atoms with van der Waals surface area (Å²) < 4.78 is 0. The van der Waals surface area contributed by atoms with Crippen LogP contribution in [0.25, 0.3) is 6.08 Å². The molecule has 2 fully saturated rings. The summed E-state index contributed by atoms with van der Waals surface area (Å²) in [4.78, 5) is 30.3. The first-order valence-electron chi connectivity index (χ1n) is 9.62. The van der Waals surface area contributed by atoms with Gasteiger partial charge in [0.05, 0.1) is 0 Å². The van der Waals surface area contributed by atoms with Crippen molar-refractivity contribution in [1.82, 2.24) is 14.7 Å². The van der Waals surface area contributed by atoms with E-state index in [0.717, 1.165) is 45.6 Å². The molecule has 5 heteroatoms. The largest absolute Gasteiger partial charge is 0.340 e. The molecule has 26 heavy (non-hydrogen) atoms. The smallest absolute Gasteiger partial charge is 0.224 e. The number of piperazine rings is 1. The molecule has 5 nitrogen and oxygen atoms in total. The predicted octanol–water partition coefficient (Wildman–Crippen LogP) is 2.24. The van der Waals surface area contributed by atoms with Gasteiger partial charge in [0, 0.05) is 58.7 Å². The summed E-state index contributed by atoms with van der Waals surface area (Å²) in [5, 5.41) is 0. The molecule has 1 aliphatic carbocycles. The first kappa shape index (κ1) is 18.6. The second-order valence-corrected chi connectivity index (χ2v) is 7.19. The molecule has 2 amide bonds. The second-order valence-electron chi connectivity index (χ2n) is 7.19. The number of amides is 2. The van der Waals surface area contributed by atoms with Gasteiger partial charge in [-0.3, -0.25) is 14.5 Å². The molecule has 2 aliphatic rings. The summed E-state index contributed by atoms with van der Waals surface area (Å²) in [5.74, 6) is 0.270. The zero-order chi connectivity index (χ0) is 18.4. The maximum absolute atomic E-state index is 12.4.